The number of rotatable bonds is 4. The molecule has 0 bridgehead atoms. The first-order valence-corrected chi connectivity index (χ1v) is 6.93. The first-order valence-electron chi connectivity index (χ1n) is 6.93. The standard InChI is InChI=1S/C16H22N4O/c1-11-9-14(20-17)19-15(18-11)10-21-13-8-6-5-7-12(13)16(2,3)4/h5-9H,10,17H2,1-4H3,(H,18,19,20). The van der Waals surface area contributed by atoms with Crippen molar-refractivity contribution in [2.75, 3.05) is 5.43 Å². The van der Waals surface area contributed by atoms with Crippen LogP contribution in [-0.2, 0) is 12.0 Å². The lowest BCUT2D eigenvalue weighted by Crippen LogP contribution is -2.15. The van der Waals surface area contributed by atoms with Gasteiger partial charge in [0.1, 0.15) is 18.2 Å². The van der Waals surface area contributed by atoms with E-state index in [-0.39, 0.29) is 5.41 Å². The van der Waals surface area contributed by atoms with Crippen molar-refractivity contribution in [3.8, 4) is 5.75 Å². The molecule has 1 aromatic heterocycles. The van der Waals surface area contributed by atoms with Crippen molar-refractivity contribution in [2.24, 2.45) is 5.84 Å². The monoisotopic (exact) mass is 286 g/mol. The maximum atomic E-state index is 5.91. The third-order valence-corrected chi connectivity index (χ3v) is 3.10. The molecule has 21 heavy (non-hydrogen) atoms. The third kappa shape index (κ3) is 3.92. The normalized spacial score (nSPS) is 11.3. The fourth-order valence-corrected chi connectivity index (χ4v) is 2.12. The number of aromatic nitrogens is 2. The number of nitrogen functional groups attached to an aromatic ring is 1. The van der Waals surface area contributed by atoms with Gasteiger partial charge in [-0.25, -0.2) is 15.8 Å². The number of nitrogens with zero attached hydrogens (tertiary/aromatic N) is 2. The summed E-state index contributed by atoms with van der Waals surface area (Å²) in [7, 11) is 0. The first-order chi connectivity index (χ1) is 9.90. The van der Waals surface area contributed by atoms with Gasteiger partial charge >= 0.3 is 0 Å². The Labute approximate surface area is 125 Å². The Morgan fingerprint density at radius 1 is 1.19 bits per heavy atom. The predicted molar refractivity (Wildman–Crippen MR) is 84.1 cm³/mol. The number of aryl methyl sites for hydroxylation is 1. The molecule has 1 heterocycles. The highest BCUT2D eigenvalue weighted by Gasteiger charge is 2.18. The molecular weight excluding hydrogens is 264 g/mol. The van der Waals surface area contributed by atoms with Crippen molar-refractivity contribution < 1.29 is 4.74 Å². The zero-order chi connectivity index (χ0) is 15.5. The first kappa shape index (κ1) is 15.3. The van der Waals surface area contributed by atoms with Gasteiger partial charge < -0.3 is 10.2 Å². The quantitative estimate of drug-likeness (QED) is 0.668. The van der Waals surface area contributed by atoms with Gasteiger partial charge in [-0.15, -0.1) is 0 Å². The molecule has 0 aliphatic heterocycles. The van der Waals surface area contributed by atoms with E-state index in [1.165, 1.54) is 0 Å². The topological polar surface area (TPSA) is 73.1 Å². The Balaban J connectivity index is 2.19. The lowest BCUT2D eigenvalue weighted by atomic mass is 9.86. The number of hydrazine groups is 1. The maximum Gasteiger partial charge on any atom is 0.168 e. The molecule has 0 aliphatic carbocycles. The number of nitrogens with one attached hydrogen (secondary N) is 1. The van der Waals surface area contributed by atoms with Crippen LogP contribution in [0.3, 0.4) is 0 Å². The molecule has 0 amide bonds. The number of hydrogen-bond acceptors (Lipinski definition) is 5. The van der Waals surface area contributed by atoms with Crippen LogP contribution in [-0.4, -0.2) is 9.97 Å². The zero-order valence-corrected chi connectivity index (χ0v) is 13.0. The van der Waals surface area contributed by atoms with Crippen molar-refractivity contribution in [1.29, 1.82) is 0 Å². The lowest BCUT2D eigenvalue weighted by Gasteiger charge is -2.22. The van der Waals surface area contributed by atoms with Gasteiger partial charge in [0, 0.05) is 11.8 Å². The predicted octanol–water partition coefficient (Wildman–Crippen LogP) is 2.95. The second-order valence-corrected chi connectivity index (χ2v) is 5.99. The molecule has 0 atom stereocenters. The minimum Gasteiger partial charge on any atom is -0.485 e. The Hall–Kier alpha value is -2.14. The lowest BCUT2D eigenvalue weighted by molar-refractivity contribution is 0.287. The Morgan fingerprint density at radius 2 is 1.90 bits per heavy atom. The molecule has 0 saturated heterocycles. The summed E-state index contributed by atoms with van der Waals surface area (Å²) in [5.41, 5.74) is 4.57. The number of anilines is 1. The van der Waals surface area contributed by atoms with Crippen LogP contribution in [0.4, 0.5) is 5.82 Å². The minimum atomic E-state index is 0.0219. The van der Waals surface area contributed by atoms with Crippen LogP contribution in [0, 0.1) is 6.92 Å². The van der Waals surface area contributed by atoms with Crippen molar-refractivity contribution in [1.82, 2.24) is 9.97 Å². The summed E-state index contributed by atoms with van der Waals surface area (Å²) in [4.78, 5) is 8.64. The fourth-order valence-electron chi connectivity index (χ4n) is 2.12. The average molecular weight is 286 g/mol. The SMILES string of the molecule is Cc1cc(NN)nc(COc2ccccc2C(C)(C)C)n1. The van der Waals surface area contributed by atoms with Crippen LogP contribution in [0.1, 0.15) is 37.9 Å². The second kappa shape index (κ2) is 6.10. The maximum absolute atomic E-state index is 5.91. The van der Waals surface area contributed by atoms with Crippen LogP contribution in [0.15, 0.2) is 30.3 Å². The summed E-state index contributed by atoms with van der Waals surface area (Å²) in [5, 5.41) is 0. The highest BCUT2D eigenvalue weighted by molar-refractivity contribution is 5.38. The van der Waals surface area contributed by atoms with Crippen LogP contribution in [0.2, 0.25) is 0 Å². The van der Waals surface area contributed by atoms with E-state index in [0.29, 0.717) is 18.2 Å². The number of nitrogens with two attached hydrogens (primary N) is 1. The van der Waals surface area contributed by atoms with Gasteiger partial charge in [0.25, 0.3) is 0 Å². The second-order valence-electron chi connectivity index (χ2n) is 5.99. The van der Waals surface area contributed by atoms with Crippen LogP contribution in [0.5, 0.6) is 5.75 Å². The molecule has 2 aromatic rings. The molecule has 2 rings (SSSR count). The van der Waals surface area contributed by atoms with E-state index >= 15 is 0 Å². The third-order valence-electron chi connectivity index (χ3n) is 3.10. The van der Waals surface area contributed by atoms with Gasteiger partial charge in [-0.1, -0.05) is 39.0 Å². The molecule has 1 aromatic carbocycles. The van der Waals surface area contributed by atoms with E-state index in [0.717, 1.165) is 17.0 Å². The molecule has 3 N–H and O–H groups in total. The van der Waals surface area contributed by atoms with E-state index in [1.807, 2.05) is 25.1 Å². The molecule has 0 aliphatic rings. The van der Waals surface area contributed by atoms with Gasteiger partial charge in [-0.2, -0.15) is 0 Å². The molecule has 0 radical (unpaired) electrons. The van der Waals surface area contributed by atoms with Gasteiger partial charge in [0.05, 0.1) is 0 Å². The summed E-state index contributed by atoms with van der Waals surface area (Å²) in [6.45, 7) is 8.69. The molecule has 0 fully saturated rings. The number of ether oxygens (including phenoxy) is 1. The van der Waals surface area contributed by atoms with Crippen LogP contribution >= 0.6 is 0 Å². The van der Waals surface area contributed by atoms with E-state index in [9.17, 15) is 0 Å². The van der Waals surface area contributed by atoms with E-state index in [4.69, 9.17) is 10.6 Å². The summed E-state index contributed by atoms with van der Waals surface area (Å²) >= 11 is 0. The van der Waals surface area contributed by atoms with Crippen molar-refractivity contribution in [3.05, 3.63) is 47.4 Å². The fraction of sp³-hybridized carbons (Fsp3) is 0.375. The van der Waals surface area contributed by atoms with Crippen LogP contribution < -0.4 is 16.0 Å². The highest BCUT2D eigenvalue weighted by Crippen LogP contribution is 2.31. The van der Waals surface area contributed by atoms with Crippen LogP contribution in [0.25, 0.3) is 0 Å². The average Bonchev–Trinajstić information content (AvgIpc) is 2.44. The summed E-state index contributed by atoms with van der Waals surface area (Å²) in [6.07, 6.45) is 0. The van der Waals surface area contributed by atoms with Gasteiger partial charge in [-0.05, 0) is 24.0 Å². The molecule has 112 valence electrons. The smallest absolute Gasteiger partial charge is 0.168 e. The van der Waals surface area contributed by atoms with Gasteiger partial charge in [-0.3, -0.25) is 0 Å². The summed E-state index contributed by atoms with van der Waals surface area (Å²) in [6, 6.07) is 9.83. The van der Waals surface area contributed by atoms with Crippen molar-refractivity contribution >= 4 is 5.82 Å². The summed E-state index contributed by atoms with van der Waals surface area (Å²) < 4.78 is 5.91. The number of para-hydroxylation sites is 1. The minimum absolute atomic E-state index is 0.0219. The van der Waals surface area contributed by atoms with E-state index in [2.05, 4.69) is 42.2 Å². The molecule has 0 saturated carbocycles. The molecular formula is C16H22N4O. The zero-order valence-electron chi connectivity index (χ0n) is 13.0. The van der Waals surface area contributed by atoms with Gasteiger partial charge in [0.15, 0.2) is 5.82 Å². The number of hydrogen-bond donors (Lipinski definition) is 2. The summed E-state index contributed by atoms with van der Waals surface area (Å²) in [5.74, 6) is 7.45. The van der Waals surface area contributed by atoms with E-state index in [1.54, 1.807) is 6.07 Å². The Morgan fingerprint density at radius 3 is 2.57 bits per heavy atom. The largest absolute Gasteiger partial charge is 0.485 e. The Kier molecular flexibility index (Phi) is 4.43. The molecule has 5 nitrogen and oxygen atoms in total. The molecule has 5 heteroatoms. The number of benzene rings is 1. The van der Waals surface area contributed by atoms with Crippen molar-refractivity contribution in [2.45, 2.75) is 39.7 Å². The van der Waals surface area contributed by atoms with E-state index < -0.39 is 0 Å². The molecule has 0 unspecified atom stereocenters. The van der Waals surface area contributed by atoms with Crippen molar-refractivity contribution in [3.63, 3.8) is 0 Å². The Bertz CT molecular complexity index is 620. The highest BCUT2D eigenvalue weighted by atomic mass is 16.5. The molecule has 0 spiro atoms. The van der Waals surface area contributed by atoms with Gasteiger partial charge in [0.2, 0.25) is 0 Å².